The van der Waals surface area contributed by atoms with Gasteiger partial charge in [0.25, 0.3) is 0 Å². The minimum absolute atomic E-state index is 0.289. The highest BCUT2D eigenvalue weighted by Crippen LogP contribution is 2.32. The smallest absolute Gasteiger partial charge is 0.416 e. The van der Waals surface area contributed by atoms with E-state index >= 15 is 0 Å². The molecular weight excluding hydrogens is 357 g/mol. The molecule has 27 heavy (non-hydrogen) atoms. The van der Waals surface area contributed by atoms with Crippen molar-refractivity contribution in [2.24, 2.45) is 0 Å². The molecule has 0 unspecified atom stereocenters. The fraction of sp³-hybridized carbons (Fsp3) is 0.211. The molecular formula is C19H13F3N4O. The maximum Gasteiger partial charge on any atom is 0.416 e. The van der Waals surface area contributed by atoms with Crippen molar-refractivity contribution in [1.29, 1.82) is 5.26 Å². The summed E-state index contributed by atoms with van der Waals surface area (Å²) in [5.41, 5.74) is 0.950. The van der Waals surface area contributed by atoms with Crippen LogP contribution >= 0.6 is 0 Å². The van der Waals surface area contributed by atoms with Gasteiger partial charge in [-0.1, -0.05) is 0 Å². The molecule has 0 saturated carbocycles. The fourth-order valence-electron chi connectivity index (χ4n) is 3.04. The normalized spacial score (nSPS) is 13.9. The van der Waals surface area contributed by atoms with Gasteiger partial charge in [0.15, 0.2) is 0 Å². The Morgan fingerprint density at radius 2 is 1.93 bits per heavy atom. The second-order valence-electron chi connectivity index (χ2n) is 6.12. The fourth-order valence-corrected chi connectivity index (χ4v) is 3.04. The summed E-state index contributed by atoms with van der Waals surface area (Å²) >= 11 is 0. The Balaban J connectivity index is 1.60. The van der Waals surface area contributed by atoms with Crippen LogP contribution in [0, 0.1) is 11.3 Å². The van der Waals surface area contributed by atoms with E-state index in [1.54, 1.807) is 18.3 Å². The van der Waals surface area contributed by atoms with Crippen molar-refractivity contribution in [3.63, 3.8) is 0 Å². The van der Waals surface area contributed by atoms with E-state index in [9.17, 15) is 18.4 Å². The van der Waals surface area contributed by atoms with Crippen LogP contribution < -0.4 is 4.90 Å². The van der Waals surface area contributed by atoms with Gasteiger partial charge in [-0.15, -0.1) is 0 Å². The van der Waals surface area contributed by atoms with Crippen LogP contribution in [0.3, 0.4) is 0 Å². The molecule has 1 aliphatic heterocycles. The van der Waals surface area contributed by atoms with Crippen molar-refractivity contribution >= 4 is 5.82 Å². The molecule has 1 aromatic carbocycles. The van der Waals surface area contributed by atoms with Gasteiger partial charge in [-0.2, -0.15) is 18.4 Å². The first-order chi connectivity index (χ1) is 13.0. The Kier molecular flexibility index (Phi) is 4.07. The molecule has 2 aromatic heterocycles. The van der Waals surface area contributed by atoms with Gasteiger partial charge in [-0.25, -0.2) is 9.97 Å². The number of rotatable bonds is 2. The van der Waals surface area contributed by atoms with Crippen LogP contribution in [-0.2, 0) is 19.1 Å². The number of nitrogens with zero attached hydrogens (tertiary/aromatic N) is 4. The summed E-state index contributed by atoms with van der Waals surface area (Å²) in [4.78, 5) is 10.7. The lowest BCUT2D eigenvalue weighted by Crippen LogP contribution is -2.31. The number of hydrogen-bond acceptors (Lipinski definition) is 5. The van der Waals surface area contributed by atoms with E-state index in [4.69, 9.17) is 4.42 Å². The second-order valence-corrected chi connectivity index (χ2v) is 6.12. The summed E-state index contributed by atoms with van der Waals surface area (Å²) in [7, 11) is 0. The monoisotopic (exact) mass is 370 g/mol. The molecule has 4 rings (SSSR count). The number of alkyl halides is 3. The van der Waals surface area contributed by atoms with Crippen LogP contribution in [0.15, 0.2) is 47.0 Å². The third-order valence-electron chi connectivity index (χ3n) is 4.39. The summed E-state index contributed by atoms with van der Waals surface area (Å²) in [5.74, 6) is 1.58. The van der Waals surface area contributed by atoms with Gasteiger partial charge < -0.3 is 9.32 Å². The number of oxazole rings is 1. The highest BCUT2D eigenvalue weighted by Gasteiger charge is 2.30. The van der Waals surface area contributed by atoms with E-state index in [1.807, 2.05) is 4.90 Å². The van der Waals surface area contributed by atoms with Crippen LogP contribution in [0.2, 0.25) is 0 Å². The zero-order valence-electron chi connectivity index (χ0n) is 14.0. The van der Waals surface area contributed by atoms with E-state index in [1.165, 1.54) is 12.1 Å². The van der Waals surface area contributed by atoms with Gasteiger partial charge in [0, 0.05) is 24.7 Å². The highest BCUT2D eigenvalue weighted by molar-refractivity contribution is 5.57. The van der Waals surface area contributed by atoms with E-state index in [0.29, 0.717) is 47.9 Å². The van der Waals surface area contributed by atoms with Gasteiger partial charge in [-0.3, -0.25) is 0 Å². The molecule has 0 spiro atoms. The number of hydrogen-bond donors (Lipinski definition) is 0. The standard InChI is InChI=1S/C19H13F3N4O/c20-19(21,22)14-5-3-12(4-6-14)18-25-15-11-26(9-7-16(15)27-18)17-13(10-23)2-1-8-24-17/h1-6,8H,7,9,11H2. The van der Waals surface area contributed by atoms with Gasteiger partial charge in [0.1, 0.15) is 23.3 Å². The Hall–Kier alpha value is -3.34. The summed E-state index contributed by atoms with van der Waals surface area (Å²) in [6, 6.07) is 10.3. The molecule has 0 radical (unpaired) electrons. The molecule has 136 valence electrons. The minimum atomic E-state index is -4.38. The number of nitriles is 1. The van der Waals surface area contributed by atoms with Gasteiger partial charge >= 0.3 is 6.18 Å². The van der Waals surface area contributed by atoms with Gasteiger partial charge in [0.2, 0.25) is 5.89 Å². The van der Waals surface area contributed by atoms with Gasteiger partial charge in [-0.05, 0) is 36.4 Å². The first-order valence-corrected chi connectivity index (χ1v) is 8.22. The average molecular weight is 370 g/mol. The molecule has 0 bridgehead atoms. The van der Waals surface area contributed by atoms with Crippen LogP contribution in [0.5, 0.6) is 0 Å². The lowest BCUT2D eigenvalue weighted by atomic mass is 10.1. The SMILES string of the molecule is N#Cc1cccnc1N1CCc2oc(-c3ccc(C(F)(F)F)cc3)nc2C1. The summed E-state index contributed by atoms with van der Waals surface area (Å²) in [6.45, 7) is 1.03. The second kappa shape index (κ2) is 6.43. The predicted molar refractivity (Wildman–Crippen MR) is 90.6 cm³/mol. The third-order valence-corrected chi connectivity index (χ3v) is 4.39. The van der Waals surface area contributed by atoms with Crippen LogP contribution in [0.1, 0.15) is 22.6 Å². The van der Waals surface area contributed by atoms with Crippen molar-refractivity contribution in [2.75, 3.05) is 11.4 Å². The molecule has 0 N–H and O–H groups in total. The lowest BCUT2D eigenvalue weighted by molar-refractivity contribution is -0.137. The molecule has 8 heteroatoms. The molecule has 1 aliphatic rings. The van der Waals surface area contributed by atoms with Gasteiger partial charge in [0.05, 0.1) is 17.7 Å². The maximum atomic E-state index is 12.7. The minimum Gasteiger partial charge on any atom is -0.441 e. The van der Waals surface area contributed by atoms with Crippen molar-refractivity contribution < 1.29 is 17.6 Å². The Bertz CT molecular complexity index is 1020. The molecule has 0 aliphatic carbocycles. The van der Waals surface area contributed by atoms with Crippen LogP contribution in [0.25, 0.3) is 11.5 Å². The molecule has 0 atom stereocenters. The lowest BCUT2D eigenvalue weighted by Gasteiger charge is -2.26. The zero-order valence-corrected chi connectivity index (χ0v) is 14.0. The van der Waals surface area contributed by atoms with Crippen molar-refractivity contribution in [2.45, 2.75) is 19.1 Å². The van der Waals surface area contributed by atoms with E-state index in [2.05, 4.69) is 16.0 Å². The topological polar surface area (TPSA) is 66.0 Å². The van der Waals surface area contributed by atoms with E-state index in [-0.39, 0.29) is 5.89 Å². The Morgan fingerprint density at radius 3 is 2.63 bits per heavy atom. The van der Waals surface area contributed by atoms with Crippen LogP contribution in [0.4, 0.5) is 19.0 Å². The molecule has 3 heterocycles. The molecule has 0 amide bonds. The first-order valence-electron chi connectivity index (χ1n) is 8.22. The first kappa shape index (κ1) is 17.1. The quantitative estimate of drug-likeness (QED) is 0.677. The highest BCUT2D eigenvalue weighted by atomic mass is 19.4. The van der Waals surface area contributed by atoms with Crippen molar-refractivity contribution in [1.82, 2.24) is 9.97 Å². The predicted octanol–water partition coefficient (Wildman–Crippen LogP) is 4.19. The number of halogens is 3. The molecule has 5 nitrogen and oxygen atoms in total. The number of pyridine rings is 1. The molecule has 0 fully saturated rings. The van der Waals surface area contributed by atoms with Crippen molar-refractivity contribution in [3.05, 3.63) is 65.2 Å². The molecule has 0 saturated heterocycles. The zero-order chi connectivity index (χ0) is 19.0. The van der Waals surface area contributed by atoms with E-state index < -0.39 is 11.7 Å². The number of aromatic nitrogens is 2. The van der Waals surface area contributed by atoms with Crippen LogP contribution in [-0.4, -0.2) is 16.5 Å². The van der Waals surface area contributed by atoms with Crippen molar-refractivity contribution in [3.8, 4) is 17.5 Å². The average Bonchev–Trinajstić information content (AvgIpc) is 3.10. The molecule has 3 aromatic rings. The summed E-state index contributed by atoms with van der Waals surface area (Å²) in [5, 5.41) is 9.25. The third kappa shape index (κ3) is 3.24. The largest absolute Gasteiger partial charge is 0.441 e. The number of fused-ring (bicyclic) bond motifs is 1. The maximum absolute atomic E-state index is 12.7. The Morgan fingerprint density at radius 1 is 1.15 bits per heavy atom. The number of benzene rings is 1. The summed E-state index contributed by atoms with van der Waals surface area (Å²) in [6.07, 6.45) is -2.18. The Labute approximate surface area is 152 Å². The summed E-state index contributed by atoms with van der Waals surface area (Å²) < 4.78 is 43.9. The van der Waals surface area contributed by atoms with E-state index in [0.717, 1.165) is 12.1 Å². The number of anilines is 1.